The lowest BCUT2D eigenvalue weighted by atomic mass is 9.85. The Balaban J connectivity index is 1.76. The molecule has 0 amide bonds. The summed E-state index contributed by atoms with van der Waals surface area (Å²) in [6.07, 6.45) is 3.35. The van der Waals surface area contributed by atoms with Gasteiger partial charge in [-0.25, -0.2) is 4.79 Å². The topological polar surface area (TPSA) is 95.9 Å². The second kappa shape index (κ2) is 4.91. The van der Waals surface area contributed by atoms with Gasteiger partial charge >= 0.3 is 5.97 Å². The molecule has 0 unspecified atom stereocenters. The summed E-state index contributed by atoms with van der Waals surface area (Å²) in [6.45, 7) is 1.55. The van der Waals surface area contributed by atoms with Crippen molar-refractivity contribution < 1.29 is 24.5 Å². The molecule has 0 bridgehead atoms. The van der Waals surface area contributed by atoms with Crippen LogP contribution in [0.15, 0.2) is 35.5 Å². The minimum Gasteiger partial charge on any atom is -0.459 e. The molecule has 6 nitrogen and oxygen atoms in total. The number of Topliss-reactive ketones (excluding diaryl/α,β-unsaturated/α-hetero) is 1. The lowest BCUT2D eigenvalue weighted by molar-refractivity contribution is -0.151. The van der Waals surface area contributed by atoms with E-state index in [0.717, 1.165) is 25.7 Å². The van der Waals surface area contributed by atoms with Gasteiger partial charge in [0.15, 0.2) is 0 Å². The number of fused-ring (bicyclic) bond motifs is 3. The average Bonchev–Trinajstić information content (AvgIpc) is 3.16. The third-order valence-corrected chi connectivity index (χ3v) is 5.30. The highest BCUT2D eigenvalue weighted by Crippen LogP contribution is 2.51. The Morgan fingerprint density at radius 3 is 2.62 bits per heavy atom. The Hall–Kier alpha value is -2.18. The number of ketones is 1. The molecule has 24 heavy (non-hydrogen) atoms. The van der Waals surface area contributed by atoms with Crippen LogP contribution in [0.4, 0.5) is 0 Å². The third-order valence-electron chi connectivity index (χ3n) is 5.30. The number of esters is 1. The second-order valence-corrected chi connectivity index (χ2v) is 6.73. The van der Waals surface area contributed by atoms with Gasteiger partial charge in [-0.2, -0.15) is 0 Å². The molecule has 1 heterocycles. The van der Waals surface area contributed by atoms with Crippen molar-refractivity contribution in [3.05, 3.63) is 46.7 Å². The van der Waals surface area contributed by atoms with E-state index in [0.29, 0.717) is 0 Å². The Morgan fingerprint density at radius 2 is 1.92 bits per heavy atom. The van der Waals surface area contributed by atoms with Crippen LogP contribution in [0.3, 0.4) is 0 Å². The SMILES string of the molecule is CC1=C(C(=O)OC2CCCC2)[C@]2(O)C(=O)c3ccccc3[C@]2(O)N1. The highest BCUT2D eigenvalue weighted by atomic mass is 16.5. The zero-order chi connectivity index (χ0) is 17.1. The fraction of sp³-hybridized carbons (Fsp3) is 0.444. The number of carbonyl (C=O) groups excluding carboxylic acids is 2. The highest BCUT2D eigenvalue weighted by Gasteiger charge is 2.70. The molecule has 2 atom stereocenters. The van der Waals surface area contributed by atoms with Gasteiger partial charge in [-0.3, -0.25) is 4.79 Å². The monoisotopic (exact) mass is 329 g/mol. The van der Waals surface area contributed by atoms with E-state index in [-0.39, 0.29) is 28.5 Å². The van der Waals surface area contributed by atoms with E-state index in [2.05, 4.69) is 5.32 Å². The van der Waals surface area contributed by atoms with Crippen molar-refractivity contribution in [3.8, 4) is 0 Å². The average molecular weight is 329 g/mol. The normalized spacial score (nSPS) is 31.9. The van der Waals surface area contributed by atoms with E-state index in [4.69, 9.17) is 4.74 Å². The van der Waals surface area contributed by atoms with Crippen molar-refractivity contribution in [3.63, 3.8) is 0 Å². The molecule has 2 aliphatic carbocycles. The molecule has 0 aromatic heterocycles. The van der Waals surface area contributed by atoms with Crippen LogP contribution < -0.4 is 5.32 Å². The van der Waals surface area contributed by atoms with E-state index in [9.17, 15) is 19.8 Å². The van der Waals surface area contributed by atoms with E-state index < -0.39 is 23.1 Å². The molecule has 0 saturated heterocycles. The smallest absolute Gasteiger partial charge is 0.339 e. The predicted molar refractivity (Wildman–Crippen MR) is 83.8 cm³/mol. The molecule has 1 aromatic carbocycles. The zero-order valence-corrected chi connectivity index (χ0v) is 13.3. The van der Waals surface area contributed by atoms with Gasteiger partial charge in [0.1, 0.15) is 11.7 Å². The van der Waals surface area contributed by atoms with Gasteiger partial charge < -0.3 is 20.3 Å². The molecular formula is C18H19NO5. The van der Waals surface area contributed by atoms with Crippen molar-refractivity contribution >= 4 is 11.8 Å². The van der Waals surface area contributed by atoms with Crippen LogP contribution in [0.25, 0.3) is 0 Å². The van der Waals surface area contributed by atoms with Crippen LogP contribution in [0, 0.1) is 0 Å². The van der Waals surface area contributed by atoms with Gasteiger partial charge in [0.25, 0.3) is 0 Å². The molecule has 3 N–H and O–H groups in total. The molecule has 1 fully saturated rings. The first kappa shape index (κ1) is 15.4. The number of allylic oxidation sites excluding steroid dienone is 1. The summed E-state index contributed by atoms with van der Waals surface area (Å²) in [6, 6.07) is 6.42. The summed E-state index contributed by atoms with van der Waals surface area (Å²) in [5.74, 6) is -1.44. The van der Waals surface area contributed by atoms with Crippen LogP contribution in [-0.4, -0.2) is 33.7 Å². The zero-order valence-electron chi connectivity index (χ0n) is 13.3. The summed E-state index contributed by atoms with van der Waals surface area (Å²) in [5, 5.41) is 24.9. The fourth-order valence-corrected chi connectivity index (χ4v) is 4.13. The number of carbonyl (C=O) groups is 2. The Morgan fingerprint density at radius 1 is 1.25 bits per heavy atom. The Labute approximate surface area is 139 Å². The van der Waals surface area contributed by atoms with Gasteiger partial charge in [0.05, 0.1) is 0 Å². The van der Waals surface area contributed by atoms with Crippen molar-refractivity contribution in [1.82, 2.24) is 5.32 Å². The molecular weight excluding hydrogens is 310 g/mol. The van der Waals surface area contributed by atoms with Gasteiger partial charge in [0.2, 0.25) is 17.1 Å². The minimum atomic E-state index is -2.36. The van der Waals surface area contributed by atoms with Gasteiger partial charge in [-0.05, 0) is 32.6 Å². The van der Waals surface area contributed by atoms with Crippen molar-refractivity contribution in [2.45, 2.75) is 50.0 Å². The molecule has 6 heteroatoms. The number of ether oxygens (including phenoxy) is 1. The molecule has 1 aromatic rings. The van der Waals surface area contributed by atoms with E-state index in [1.165, 1.54) is 6.07 Å². The maximum Gasteiger partial charge on any atom is 0.339 e. The van der Waals surface area contributed by atoms with Crippen molar-refractivity contribution in [1.29, 1.82) is 0 Å². The number of hydrogen-bond acceptors (Lipinski definition) is 6. The molecule has 1 aliphatic heterocycles. The summed E-state index contributed by atoms with van der Waals surface area (Å²) >= 11 is 0. The summed E-state index contributed by atoms with van der Waals surface area (Å²) in [5.41, 5.74) is -3.89. The van der Waals surface area contributed by atoms with Crippen molar-refractivity contribution in [2.24, 2.45) is 0 Å². The maximum absolute atomic E-state index is 12.8. The highest BCUT2D eigenvalue weighted by molar-refractivity contribution is 6.16. The molecule has 1 saturated carbocycles. The van der Waals surface area contributed by atoms with E-state index >= 15 is 0 Å². The largest absolute Gasteiger partial charge is 0.459 e. The first-order valence-electron chi connectivity index (χ1n) is 8.19. The van der Waals surface area contributed by atoms with Crippen LogP contribution in [0.2, 0.25) is 0 Å². The lowest BCUT2D eigenvalue weighted by Gasteiger charge is -2.32. The van der Waals surface area contributed by atoms with Gasteiger partial charge in [0, 0.05) is 16.8 Å². The van der Waals surface area contributed by atoms with E-state index in [1.54, 1.807) is 25.1 Å². The standard InChI is InChI=1S/C18H19NO5/c1-10-14(16(21)24-11-6-2-3-7-11)17(22)15(20)12-8-4-5-9-13(12)18(17,23)19-10/h4-5,8-9,11,19,22-23H,2-3,6-7H2,1H3/t17-,18+/m0/s1. The van der Waals surface area contributed by atoms with Crippen LogP contribution in [0.5, 0.6) is 0 Å². The first-order chi connectivity index (χ1) is 11.4. The molecule has 4 rings (SSSR count). The Kier molecular flexibility index (Phi) is 3.14. The lowest BCUT2D eigenvalue weighted by Crippen LogP contribution is -2.56. The third kappa shape index (κ3) is 1.72. The molecule has 0 spiro atoms. The second-order valence-electron chi connectivity index (χ2n) is 6.73. The number of nitrogens with one attached hydrogen (secondary N) is 1. The summed E-state index contributed by atoms with van der Waals surface area (Å²) in [7, 11) is 0. The Bertz CT molecular complexity index is 779. The number of rotatable bonds is 2. The van der Waals surface area contributed by atoms with Crippen molar-refractivity contribution in [2.75, 3.05) is 0 Å². The quantitative estimate of drug-likeness (QED) is 0.704. The number of aliphatic hydroxyl groups is 2. The van der Waals surface area contributed by atoms with Crippen LogP contribution in [0.1, 0.15) is 48.5 Å². The maximum atomic E-state index is 12.8. The first-order valence-corrected chi connectivity index (χ1v) is 8.19. The van der Waals surface area contributed by atoms with Crippen LogP contribution in [-0.2, 0) is 15.3 Å². The number of hydrogen-bond donors (Lipinski definition) is 3. The van der Waals surface area contributed by atoms with Gasteiger partial charge in [-0.1, -0.05) is 24.3 Å². The fourth-order valence-electron chi connectivity index (χ4n) is 4.13. The summed E-state index contributed by atoms with van der Waals surface area (Å²) < 4.78 is 5.47. The molecule has 3 aliphatic rings. The van der Waals surface area contributed by atoms with Crippen LogP contribution >= 0.6 is 0 Å². The molecule has 126 valence electrons. The minimum absolute atomic E-state index is 0.196. The molecule has 0 radical (unpaired) electrons. The van der Waals surface area contributed by atoms with E-state index in [1.807, 2.05) is 0 Å². The predicted octanol–water partition coefficient (Wildman–Crippen LogP) is 1.12. The summed E-state index contributed by atoms with van der Waals surface area (Å²) in [4.78, 5) is 25.5. The number of benzene rings is 1. The van der Waals surface area contributed by atoms with Gasteiger partial charge in [-0.15, -0.1) is 0 Å².